The fourth-order valence-corrected chi connectivity index (χ4v) is 3.26. The van der Waals surface area contributed by atoms with Gasteiger partial charge in [0.1, 0.15) is 5.82 Å². The van der Waals surface area contributed by atoms with Gasteiger partial charge in [-0.05, 0) is 49.5 Å². The monoisotopic (exact) mass is 265 g/mol. The van der Waals surface area contributed by atoms with Crippen molar-refractivity contribution in [1.29, 1.82) is 0 Å². The first kappa shape index (κ1) is 14.4. The summed E-state index contributed by atoms with van der Waals surface area (Å²) in [5.74, 6) is 7.35. The molecule has 1 aromatic rings. The Kier molecular flexibility index (Phi) is 4.88. The van der Waals surface area contributed by atoms with Crippen LogP contribution in [0.1, 0.15) is 51.1 Å². The number of rotatable bonds is 4. The van der Waals surface area contributed by atoms with Gasteiger partial charge in [0.05, 0.1) is 12.2 Å². The minimum absolute atomic E-state index is 0.101. The summed E-state index contributed by atoms with van der Waals surface area (Å²) in [5.41, 5.74) is 3.45. The maximum absolute atomic E-state index is 13.8. The second kappa shape index (κ2) is 6.44. The van der Waals surface area contributed by atoms with E-state index in [1.54, 1.807) is 12.3 Å². The van der Waals surface area contributed by atoms with E-state index < -0.39 is 0 Å². The summed E-state index contributed by atoms with van der Waals surface area (Å²) in [6, 6.07) is 1.63. The van der Waals surface area contributed by atoms with E-state index in [4.69, 9.17) is 5.84 Å². The van der Waals surface area contributed by atoms with Gasteiger partial charge in [0, 0.05) is 11.8 Å². The molecule has 1 aliphatic carbocycles. The van der Waals surface area contributed by atoms with E-state index in [1.807, 2.05) is 0 Å². The molecule has 1 fully saturated rings. The second-order valence-electron chi connectivity index (χ2n) is 5.96. The van der Waals surface area contributed by atoms with E-state index in [-0.39, 0.29) is 11.9 Å². The molecule has 1 saturated carbocycles. The van der Waals surface area contributed by atoms with Gasteiger partial charge < -0.3 is 0 Å². The zero-order chi connectivity index (χ0) is 13.8. The number of halogens is 1. The first-order valence-electron chi connectivity index (χ1n) is 7.19. The highest BCUT2D eigenvalue weighted by atomic mass is 19.1. The average molecular weight is 265 g/mol. The summed E-state index contributed by atoms with van der Waals surface area (Å²) in [6.45, 7) is 4.57. The van der Waals surface area contributed by atoms with Gasteiger partial charge >= 0.3 is 0 Å². The molecule has 3 N–H and O–H groups in total. The van der Waals surface area contributed by atoms with E-state index in [1.165, 1.54) is 19.0 Å². The molecule has 3 nitrogen and oxygen atoms in total. The summed E-state index contributed by atoms with van der Waals surface area (Å²) in [6.07, 6.45) is 7.54. The van der Waals surface area contributed by atoms with E-state index in [2.05, 4.69) is 24.3 Å². The lowest BCUT2D eigenvalue weighted by molar-refractivity contribution is 0.187. The predicted octanol–water partition coefficient (Wildman–Crippen LogP) is 3.19. The molecule has 0 saturated heterocycles. The first-order chi connectivity index (χ1) is 9.13. The van der Waals surface area contributed by atoms with Crippen LogP contribution in [0.4, 0.5) is 4.39 Å². The van der Waals surface area contributed by atoms with E-state index in [9.17, 15) is 4.39 Å². The summed E-state index contributed by atoms with van der Waals surface area (Å²) in [7, 11) is 0. The second-order valence-corrected chi connectivity index (χ2v) is 5.96. The molecule has 1 unspecified atom stereocenters. The van der Waals surface area contributed by atoms with Crippen molar-refractivity contribution >= 4 is 0 Å². The zero-order valence-corrected chi connectivity index (χ0v) is 11.8. The van der Waals surface area contributed by atoms with E-state index in [0.29, 0.717) is 11.5 Å². The van der Waals surface area contributed by atoms with Crippen LogP contribution in [0.15, 0.2) is 18.5 Å². The fraction of sp³-hybridized carbons (Fsp3) is 0.667. The number of nitrogens with one attached hydrogen (secondary N) is 1. The predicted molar refractivity (Wildman–Crippen MR) is 74.5 cm³/mol. The molecule has 0 amide bonds. The van der Waals surface area contributed by atoms with Crippen molar-refractivity contribution in [1.82, 2.24) is 10.4 Å². The minimum atomic E-state index is -0.267. The highest BCUT2D eigenvalue weighted by Crippen LogP contribution is 2.39. The third kappa shape index (κ3) is 3.31. The number of aromatic nitrogens is 1. The molecule has 0 radical (unpaired) electrons. The molecule has 1 aliphatic rings. The number of pyridine rings is 1. The van der Waals surface area contributed by atoms with Crippen LogP contribution in [0, 0.1) is 23.6 Å². The van der Waals surface area contributed by atoms with Crippen LogP contribution >= 0.6 is 0 Å². The van der Waals surface area contributed by atoms with Gasteiger partial charge in [-0.15, -0.1) is 0 Å². The highest BCUT2D eigenvalue weighted by Gasteiger charge is 2.30. The smallest absolute Gasteiger partial charge is 0.146 e. The quantitative estimate of drug-likeness (QED) is 0.649. The molecule has 0 spiro atoms. The van der Waals surface area contributed by atoms with Gasteiger partial charge in [-0.3, -0.25) is 16.3 Å². The van der Waals surface area contributed by atoms with Gasteiger partial charge in [-0.2, -0.15) is 0 Å². The third-order valence-electron chi connectivity index (χ3n) is 4.55. The van der Waals surface area contributed by atoms with Gasteiger partial charge in [-0.25, -0.2) is 4.39 Å². The lowest BCUT2D eigenvalue weighted by Crippen LogP contribution is -2.36. The van der Waals surface area contributed by atoms with Crippen LogP contribution in [0.3, 0.4) is 0 Å². The van der Waals surface area contributed by atoms with Crippen LogP contribution < -0.4 is 11.3 Å². The van der Waals surface area contributed by atoms with Crippen LogP contribution in [0.2, 0.25) is 0 Å². The molecule has 0 aromatic carbocycles. The van der Waals surface area contributed by atoms with Crippen LogP contribution in [0.25, 0.3) is 0 Å². The van der Waals surface area contributed by atoms with Crippen molar-refractivity contribution in [2.75, 3.05) is 0 Å². The molecule has 0 bridgehead atoms. The number of hydrazine groups is 1. The largest absolute Gasteiger partial charge is 0.271 e. The Hall–Kier alpha value is -1.00. The Morgan fingerprint density at radius 1 is 1.26 bits per heavy atom. The van der Waals surface area contributed by atoms with E-state index >= 15 is 0 Å². The van der Waals surface area contributed by atoms with Gasteiger partial charge in [0.2, 0.25) is 0 Å². The molecule has 1 atom stereocenters. The normalized spacial score (nSPS) is 25.5. The molecule has 2 rings (SSSR count). The minimum Gasteiger partial charge on any atom is -0.271 e. The Morgan fingerprint density at radius 2 is 1.89 bits per heavy atom. The van der Waals surface area contributed by atoms with Crippen LogP contribution in [-0.2, 0) is 0 Å². The van der Waals surface area contributed by atoms with Crippen molar-refractivity contribution in [3.05, 3.63) is 29.8 Å². The van der Waals surface area contributed by atoms with Crippen molar-refractivity contribution < 1.29 is 4.39 Å². The molecule has 1 heterocycles. The number of nitrogens with two attached hydrogens (primary N) is 1. The standard InChI is InChI=1S/C15H24FN3/c1-10(2)11-3-5-12(6-4-11)15(19-17)13-7-8-18-9-14(13)16/h7-12,15,19H,3-6,17H2,1-2H3. The van der Waals surface area contributed by atoms with Gasteiger partial charge in [0.15, 0.2) is 0 Å². The Bertz CT molecular complexity index is 400. The maximum Gasteiger partial charge on any atom is 0.146 e. The Labute approximate surface area is 114 Å². The highest BCUT2D eigenvalue weighted by molar-refractivity contribution is 5.18. The van der Waals surface area contributed by atoms with Crippen molar-refractivity contribution in [2.24, 2.45) is 23.6 Å². The lowest BCUT2D eigenvalue weighted by Gasteiger charge is -2.35. The molecule has 4 heteroatoms. The fourth-order valence-electron chi connectivity index (χ4n) is 3.26. The van der Waals surface area contributed by atoms with Crippen molar-refractivity contribution in [2.45, 2.75) is 45.6 Å². The number of hydrogen-bond donors (Lipinski definition) is 2. The van der Waals surface area contributed by atoms with E-state index in [0.717, 1.165) is 24.7 Å². The first-order valence-corrected chi connectivity index (χ1v) is 7.19. The maximum atomic E-state index is 13.8. The summed E-state index contributed by atoms with van der Waals surface area (Å²) in [4.78, 5) is 3.80. The number of hydrogen-bond acceptors (Lipinski definition) is 3. The SMILES string of the molecule is CC(C)C1CCC(C(NN)c2ccncc2F)CC1. The lowest BCUT2D eigenvalue weighted by atomic mass is 9.73. The van der Waals surface area contributed by atoms with Crippen LogP contribution in [0.5, 0.6) is 0 Å². The third-order valence-corrected chi connectivity index (χ3v) is 4.55. The van der Waals surface area contributed by atoms with Crippen molar-refractivity contribution in [3.63, 3.8) is 0 Å². The molecular formula is C15H24FN3. The molecule has 0 aliphatic heterocycles. The molecule has 106 valence electrons. The Morgan fingerprint density at radius 3 is 2.42 bits per heavy atom. The van der Waals surface area contributed by atoms with Crippen LogP contribution in [-0.4, -0.2) is 4.98 Å². The Balaban J connectivity index is 2.06. The zero-order valence-electron chi connectivity index (χ0n) is 11.8. The van der Waals surface area contributed by atoms with Gasteiger partial charge in [0.25, 0.3) is 0 Å². The molecule has 1 aromatic heterocycles. The van der Waals surface area contributed by atoms with Crippen molar-refractivity contribution in [3.8, 4) is 0 Å². The summed E-state index contributed by atoms with van der Waals surface area (Å²) in [5, 5.41) is 0. The topological polar surface area (TPSA) is 50.9 Å². The average Bonchev–Trinajstić information content (AvgIpc) is 2.42. The number of nitrogens with zero attached hydrogens (tertiary/aromatic N) is 1. The summed E-state index contributed by atoms with van der Waals surface area (Å²) >= 11 is 0. The molecular weight excluding hydrogens is 241 g/mol. The molecule has 19 heavy (non-hydrogen) atoms. The summed E-state index contributed by atoms with van der Waals surface area (Å²) < 4.78 is 13.8. The van der Waals surface area contributed by atoms with Gasteiger partial charge in [-0.1, -0.05) is 13.8 Å².